The second-order valence-electron chi connectivity index (χ2n) is 2.68. The van der Waals surface area contributed by atoms with Gasteiger partial charge in [-0.25, -0.2) is 0 Å². The number of halogens is 2. The van der Waals surface area contributed by atoms with Crippen LogP contribution in [0.1, 0.15) is 23.5 Å². The fraction of sp³-hybridized carbons (Fsp3) is 0.500. The van der Waals surface area contributed by atoms with Gasteiger partial charge in [0.05, 0.1) is 11.1 Å². The Hall–Kier alpha value is 0.200. The molecule has 0 aliphatic rings. The summed E-state index contributed by atoms with van der Waals surface area (Å²) in [6, 6.07) is 0. The molecular weight excluding hydrogens is 231 g/mol. The number of aliphatic hydroxyl groups excluding tert-OH is 2. The van der Waals surface area contributed by atoms with Gasteiger partial charge in [-0.15, -0.1) is 11.3 Å². The van der Waals surface area contributed by atoms with Gasteiger partial charge in [0.1, 0.15) is 4.34 Å². The Kier molecular flexibility index (Phi) is 4.01. The third-order valence-corrected chi connectivity index (χ3v) is 3.91. The van der Waals surface area contributed by atoms with E-state index in [2.05, 4.69) is 0 Å². The van der Waals surface area contributed by atoms with Crippen molar-refractivity contribution < 1.29 is 10.2 Å². The fourth-order valence-corrected chi connectivity index (χ4v) is 2.75. The van der Waals surface area contributed by atoms with Crippen molar-refractivity contribution in [3.8, 4) is 0 Å². The van der Waals surface area contributed by atoms with Crippen LogP contribution in [0.2, 0.25) is 9.36 Å². The lowest BCUT2D eigenvalue weighted by atomic mass is 10.1. The van der Waals surface area contributed by atoms with Crippen LogP contribution in [0.3, 0.4) is 0 Å². The van der Waals surface area contributed by atoms with Crippen LogP contribution in [0.5, 0.6) is 0 Å². The Morgan fingerprint density at radius 3 is 2.54 bits per heavy atom. The monoisotopic (exact) mass is 240 g/mol. The van der Waals surface area contributed by atoms with Crippen molar-refractivity contribution >= 4 is 34.5 Å². The highest BCUT2D eigenvalue weighted by Gasteiger charge is 2.17. The molecule has 0 fully saturated rings. The van der Waals surface area contributed by atoms with Gasteiger partial charge in [-0.3, -0.25) is 0 Å². The molecule has 0 radical (unpaired) electrons. The topological polar surface area (TPSA) is 40.5 Å². The lowest BCUT2D eigenvalue weighted by Gasteiger charge is -2.04. The predicted octanol–water partition coefficient (Wildman–Crippen LogP) is 2.64. The SMILES string of the molecule is CC(O)c1sc(Cl)c(Cl)c1CCO. The maximum absolute atomic E-state index is 9.38. The van der Waals surface area contributed by atoms with E-state index >= 15 is 0 Å². The molecule has 2 nitrogen and oxygen atoms in total. The summed E-state index contributed by atoms with van der Waals surface area (Å²) in [4.78, 5) is 0.740. The Labute approximate surface area is 90.7 Å². The smallest absolute Gasteiger partial charge is 0.112 e. The van der Waals surface area contributed by atoms with E-state index in [1.807, 2.05) is 0 Å². The highest BCUT2D eigenvalue weighted by atomic mass is 35.5. The lowest BCUT2D eigenvalue weighted by Crippen LogP contribution is -1.96. The fourth-order valence-electron chi connectivity index (χ4n) is 1.11. The predicted molar refractivity (Wildman–Crippen MR) is 55.8 cm³/mol. The van der Waals surface area contributed by atoms with E-state index in [0.717, 1.165) is 10.4 Å². The van der Waals surface area contributed by atoms with Crippen LogP contribution < -0.4 is 0 Å². The first kappa shape index (κ1) is 11.3. The Morgan fingerprint density at radius 2 is 2.08 bits per heavy atom. The second-order valence-corrected chi connectivity index (χ2v) is 4.71. The van der Waals surface area contributed by atoms with Crippen molar-refractivity contribution in [2.45, 2.75) is 19.4 Å². The van der Waals surface area contributed by atoms with Gasteiger partial charge in [0.15, 0.2) is 0 Å². The minimum atomic E-state index is -0.587. The highest BCUT2D eigenvalue weighted by molar-refractivity contribution is 7.17. The van der Waals surface area contributed by atoms with Gasteiger partial charge in [0.25, 0.3) is 0 Å². The molecule has 1 heterocycles. The molecule has 1 unspecified atom stereocenters. The van der Waals surface area contributed by atoms with E-state index in [-0.39, 0.29) is 6.61 Å². The molecule has 2 N–H and O–H groups in total. The summed E-state index contributed by atoms with van der Waals surface area (Å²) in [6.45, 7) is 1.66. The quantitative estimate of drug-likeness (QED) is 0.853. The van der Waals surface area contributed by atoms with Crippen molar-refractivity contribution in [3.05, 3.63) is 19.8 Å². The molecule has 0 amide bonds. The van der Waals surface area contributed by atoms with Crippen LogP contribution in [0, 0.1) is 0 Å². The Balaban J connectivity index is 3.11. The number of rotatable bonds is 3. The van der Waals surface area contributed by atoms with E-state index in [0.29, 0.717) is 15.8 Å². The minimum Gasteiger partial charge on any atom is -0.396 e. The van der Waals surface area contributed by atoms with Crippen LogP contribution >= 0.6 is 34.5 Å². The molecular formula is C8H10Cl2O2S. The van der Waals surface area contributed by atoms with Gasteiger partial charge in [0.2, 0.25) is 0 Å². The molecule has 5 heteroatoms. The maximum Gasteiger partial charge on any atom is 0.112 e. The van der Waals surface area contributed by atoms with Crippen molar-refractivity contribution in [2.75, 3.05) is 6.61 Å². The van der Waals surface area contributed by atoms with E-state index < -0.39 is 6.10 Å². The molecule has 0 aliphatic carbocycles. The first-order chi connectivity index (χ1) is 6.07. The maximum atomic E-state index is 9.38. The van der Waals surface area contributed by atoms with Gasteiger partial charge in [-0.2, -0.15) is 0 Å². The number of aliphatic hydroxyl groups is 2. The first-order valence-corrected chi connectivity index (χ1v) is 5.40. The normalized spacial score (nSPS) is 13.3. The van der Waals surface area contributed by atoms with Gasteiger partial charge >= 0.3 is 0 Å². The van der Waals surface area contributed by atoms with E-state index in [4.69, 9.17) is 28.3 Å². The van der Waals surface area contributed by atoms with Crippen molar-refractivity contribution in [3.63, 3.8) is 0 Å². The van der Waals surface area contributed by atoms with Gasteiger partial charge in [-0.1, -0.05) is 23.2 Å². The minimum absolute atomic E-state index is 0.00645. The van der Waals surface area contributed by atoms with Crippen molar-refractivity contribution in [2.24, 2.45) is 0 Å². The first-order valence-electron chi connectivity index (χ1n) is 3.83. The molecule has 0 saturated heterocycles. The zero-order valence-corrected chi connectivity index (χ0v) is 9.38. The zero-order valence-electron chi connectivity index (χ0n) is 7.05. The average Bonchev–Trinajstić information content (AvgIpc) is 2.33. The summed E-state index contributed by atoms with van der Waals surface area (Å²) >= 11 is 13.0. The van der Waals surface area contributed by atoms with Crippen LogP contribution in [0.25, 0.3) is 0 Å². The number of thiophene rings is 1. The molecule has 0 spiro atoms. The molecule has 74 valence electrons. The molecule has 1 atom stereocenters. The highest BCUT2D eigenvalue weighted by Crippen LogP contribution is 2.39. The van der Waals surface area contributed by atoms with E-state index in [1.54, 1.807) is 6.92 Å². The third kappa shape index (κ3) is 2.36. The summed E-state index contributed by atoms with van der Waals surface area (Å²) in [5.74, 6) is 0. The van der Waals surface area contributed by atoms with Crippen molar-refractivity contribution in [1.82, 2.24) is 0 Å². The standard InChI is InChI=1S/C8H10Cl2O2S/c1-4(12)7-5(2-3-11)6(9)8(10)13-7/h4,11-12H,2-3H2,1H3. The van der Waals surface area contributed by atoms with Gasteiger partial charge < -0.3 is 10.2 Å². The molecule has 0 saturated carbocycles. The van der Waals surface area contributed by atoms with Gasteiger partial charge in [0, 0.05) is 11.5 Å². The van der Waals surface area contributed by atoms with Crippen LogP contribution in [0.15, 0.2) is 0 Å². The number of hydrogen-bond acceptors (Lipinski definition) is 3. The summed E-state index contributed by atoms with van der Waals surface area (Å²) in [5.41, 5.74) is 0.758. The summed E-state index contributed by atoms with van der Waals surface area (Å²) in [7, 11) is 0. The molecule has 0 aromatic carbocycles. The van der Waals surface area contributed by atoms with Crippen LogP contribution in [0.4, 0.5) is 0 Å². The van der Waals surface area contributed by atoms with E-state index in [1.165, 1.54) is 11.3 Å². The third-order valence-electron chi connectivity index (χ3n) is 1.68. The van der Waals surface area contributed by atoms with Crippen LogP contribution in [-0.4, -0.2) is 16.8 Å². The van der Waals surface area contributed by atoms with Crippen molar-refractivity contribution in [1.29, 1.82) is 0 Å². The average molecular weight is 241 g/mol. The number of hydrogen-bond donors (Lipinski definition) is 2. The van der Waals surface area contributed by atoms with Gasteiger partial charge in [-0.05, 0) is 18.9 Å². The molecule has 13 heavy (non-hydrogen) atoms. The lowest BCUT2D eigenvalue weighted by molar-refractivity contribution is 0.201. The Bertz CT molecular complexity index is 297. The van der Waals surface area contributed by atoms with Crippen LogP contribution in [-0.2, 0) is 6.42 Å². The summed E-state index contributed by atoms with van der Waals surface area (Å²) in [6.07, 6.45) is -0.154. The molecule has 1 rings (SSSR count). The largest absolute Gasteiger partial charge is 0.396 e. The molecule has 1 aromatic rings. The molecule has 0 aliphatic heterocycles. The Morgan fingerprint density at radius 1 is 1.46 bits per heavy atom. The van der Waals surface area contributed by atoms with E-state index in [9.17, 15) is 5.11 Å². The summed E-state index contributed by atoms with van der Waals surface area (Å²) < 4.78 is 0.473. The second kappa shape index (κ2) is 4.62. The zero-order chi connectivity index (χ0) is 10.0. The summed E-state index contributed by atoms with van der Waals surface area (Å²) in [5, 5.41) is 18.6. The molecule has 0 bridgehead atoms. The molecule has 1 aromatic heterocycles.